The van der Waals surface area contributed by atoms with Crippen LogP contribution in [0, 0.1) is 0 Å². The minimum atomic E-state index is -3.61. The summed E-state index contributed by atoms with van der Waals surface area (Å²) in [7, 11) is -3.61. The summed E-state index contributed by atoms with van der Waals surface area (Å²) in [4.78, 5) is 12.3. The fourth-order valence-corrected chi connectivity index (χ4v) is 3.27. The lowest BCUT2D eigenvalue weighted by molar-refractivity contribution is -0.116. The van der Waals surface area contributed by atoms with E-state index in [1.807, 2.05) is 6.07 Å². The second kappa shape index (κ2) is 9.94. The van der Waals surface area contributed by atoms with Gasteiger partial charge in [-0.05, 0) is 30.7 Å². The van der Waals surface area contributed by atoms with E-state index in [1.54, 1.807) is 36.4 Å². The Labute approximate surface area is 154 Å². The molecule has 0 heterocycles. The van der Waals surface area contributed by atoms with Crippen LogP contribution in [0.4, 0.5) is 5.69 Å². The molecule has 0 fully saturated rings. The van der Waals surface area contributed by atoms with Gasteiger partial charge in [-0.3, -0.25) is 4.79 Å². The number of nitrogens with one attached hydrogen (secondary N) is 2. The number of para-hydroxylation sites is 2. The molecule has 0 radical (unpaired) electrons. The van der Waals surface area contributed by atoms with Crippen LogP contribution in [-0.4, -0.2) is 27.5 Å². The Hall–Kier alpha value is -2.38. The number of anilines is 1. The molecule has 0 saturated carbocycles. The highest BCUT2D eigenvalue weighted by Gasteiger charge is 2.14. The smallest absolute Gasteiger partial charge is 0.240 e. The Morgan fingerprint density at radius 1 is 1.04 bits per heavy atom. The Kier molecular flexibility index (Phi) is 7.62. The highest BCUT2D eigenvalue weighted by atomic mass is 32.2. The lowest BCUT2D eigenvalue weighted by Gasteiger charge is -2.12. The molecule has 2 aromatic carbocycles. The van der Waals surface area contributed by atoms with Gasteiger partial charge in [-0.1, -0.05) is 43.7 Å². The quantitative estimate of drug-likeness (QED) is 0.624. The highest BCUT2D eigenvalue weighted by molar-refractivity contribution is 7.89. The van der Waals surface area contributed by atoms with E-state index >= 15 is 0 Å². The summed E-state index contributed by atoms with van der Waals surface area (Å²) in [6.07, 6.45) is 1.98. The molecule has 0 spiro atoms. The SMILES string of the molecule is CCCCOc1ccccc1NC(=O)CCNS(=O)(=O)c1ccccc1. The molecule has 0 atom stereocenters. The monoisotopic (exact) mass is 376 g/mol. The molecule has 0 aliphatic carbocycles. The first-order valence-corrected chi connectivity index (χ1v) is 10.1. The molecule has 6 nitrogen and oxygen atoms in total. The molecule has 1 amide bonds. The lowest BCUT2D eigenvalue weighted by Crippen LogP contribution is -2.27. The second-order valence-corrected chi connectivity index (χ2v) is 7.47. The summed E-state index contributed by atoms with van der Waals surface area (Å²) in [6.45, 7) is 2.68. The summed E-state index contributed by atoms with van der Waals surface area (Å²) < 4.78 is 32.3. The third kappa shape index (κ3) is 6.16. The number of benzene rings is 2. The van der Waals surface area contributed by atoms with Crippen LogP contribution in [0.2, 0.25) is 0 Å². The maximum Gasteiger partial charge on any atom is 0.240 e. The zero-order valence-electron chi connectivity index (χ0n) is 14.8. The molecule has 0 unspecified atom stereocenters. The average molecular weight is 376 g/mol. The second-order valence-electron chi connectivity index (χ2n) is 5.71. The van der Waals surface area contributed by atoms with Crippen molar-refractivity contribution < 1.29 is 17.9 Å². The van der Waals surface area contributed by atoms with E-state index in [-0.39, 0.29) is 23.8 Å². The number of carbonyl (C=O) groups is 1. The van der Waals surface area contributed by atoms with Crippen LogP contribution in [0.3, 0.4) is 0 Å². The van der Waals surface area contributed by atoms with E-state index in [2.05, 4.69) is 17.0 Å². The van der Waals surface area contributed by atoms with Crippen LogP contribution >= 0.6 is 0 Å². The molecule has 0 aliphatic rings. The lowest BCUT2D eigenvalue weighted by atomic mass is 10.2. The fourth-order valence-electron chi connectivity index (χ4n) is 2.22. The number of amides is 1. The third-order valence-corrected chi connectivity index (χ3v) is 5.09. The van der Waals surface area contributed by atoms with Crippen LogP contribution < -0.4 is 14.8 Å². The Morgan fingerprint density at radius 3 is 2.46 bits per heavy atom. The number of unbranched alkanes of at least 4 members (excludes halogenated alkanes) is 1. The maximum absolute atomic E-state index is 12.1. The van der Waals surface area contributed by atoms with Crippen molar-refractivity contribution in [2.75, 3.05) is 18.5 Å². The molecule has 0 bridgehead atoms. The Bertz CT molecular complexity index is 807. The van der Waals surface area contributed by atoms with Gasteiger partial charge in [0.25, 0.3) is 0 Å². The van der Waals surface area contributed by atoms with Crippen molar-refractivity contribution in [1.29, 1.82) is 0 Å². The van der Waals surface area contributed by atoms with Crippen LogP contribution in [-0.2, 0) is 14.8 Å². The van der Waals surface area contributed by atoms with Crippen LogP contribution in [0.1, 0.15) is 26.2 Å². The van der Waals surface area contributed by atoms with Gasteiger partial charge >= 0.3 is 0 Å². The van der Waals surface area contributed by atoms with E-state index in [9.17, 15) is 13.2 Å². The van der Waals surface area contributed by atoms with Gasteiger partial charge in [-0.15, -0.1) is 0 Å². The number of ether oxygens (including phenoxy) is 1. The minimum Gasteiger partial charge on any atom is -0.491 e. The Morgan fingerprint density at radius 2 is 1.73 bits per heavy atom. The number of sulfonamides is 1. The average Bonchev–Trinajstić information content (AvgIpc) is 2.64. The summed E-state index contributed by atoms with van der Waals surface area (Å²) in [5.41, 5.74) is 0.583. The zero-order chi connectivity index (χ0) is 18.8. The molecule has 2 N–H and O–H groups in total. The first-order chi connectivity index (χ1) is 12.5. The van der Waals surface area contributed by atoms with Crippen molar-refractivity contribution in [1.82, 2.24) is 4.72 Å². The van der Waals surface area contributed by atoms with Crippen molar-refractivity contribution in [3.05, 3.63) is 54.6 Å². The van der Waals surface area contributed by atoms with Gasteiger partial charge in [0.05, 0.1) is 17.2 Å². The van der Waals surface area contributed by atoms with Crippen molar-refractivity contribution >= 4 is 21.6 Å². The number of hydrogen-bond acceptors (Lipinski definition) is 4. The van der Waals surface area contributed by atoms with Gasteiger partial charge in [0, 0.05) is 13.0 Å². The molecular weight excluding hydrogens is 352 g/mol. The van der Waals surface area contributed by atoms with Crippen LogP contribution in [0.5, 0.6) is 5.75 Å². The first-order valence-electron chi connectivity index (χ1n) is 8.59. The topological polar surface area (TPSA) is 84.5 Å². The highest BCUT2D eigenvalue weighted by Crippen LogP contribution is 2.24. The molecule has 0 aliphatic heterocycles. The predicted octanol–water partition coefficient (Wildman–Crippen LogP) is 3.17. The van der Waals surface area contributed by atoms with Crippen molar-refractivity contribution in [2.24, 2.45) is 0 Å². The number of rotatable bonds is 10. The normalized spacial score (nSPS) is 11.1. The van der Waals surface area contributed by atoms with Gasteiger partial charge in [0.15, 0.2) is 0 Å². The van der Waals surface area contributed by atoms with E-state index < -0.39 is 10.0 Å². The number of carbonyl (C=O) groups excluding carboxylic acids is 1. The van der Waals surface area contributed by atoms with Crippen molar-refractivity contribution in [3.63, 3.8) is 0 Å². The predicted molar refractivity (Wildman–Crippen MR) is 102 cm³/mol. The van der Waals surface area contributed by atoms with Gasteiger partial charge < -0.3 is 10.1 Å². The van der Waals surface area contributed by atoms with E-state index in [0.717, 1.165) is 12.8 Å². The summed E-state index contributed by atoms with van der Waals surface area (Å²) >= 11 is 0. The first kappa shape index (κ1) is 19.9. The molecule has 140 valence electrons. The zero-order valence-corrected chi connectivity index (χ0v) is 15.6. The van der Waals surface area contributed by atoms with Gasteiger partial charge in [-0.25, -0.2) is 13.1 Å². The molecule has 0 saturated heterocycles. The molecule has 26 heavy (non-hydrogen) atoms. The fraction of sp³-hybridized carbons (Fsp3) is 0.316. The molecule has 0 aromatic heterocycles. The summed E-state index contributed by atoms with van der Waals surface area (Å²) in [5, 5.41) is 2.76. The maximum atomic E-state index is 12.1. The molecule has 2 aromatic rings. The molecular formula is C19H24N2O4S. The van der Waals surface area contributed by atoms with E-state index in [0.29, 0.717) is 18.0 Å². The van der Waals surface area contributed by atoms with Crippen molar-refractivity contribution in [3.8, 4) is 5.75 Å². The number of hydrogen-bond donors (Lipinski definition) is 2. The Balaban J connectivity index is 1.86. The van der Waals surface area contributed by atoms with Crippen LogP contribution in [0.15, 0.2) is 59.5 Å². The van der Waals surface area contributed by atoms with Gasteiger partial charge in [0.1, 0.15) is 5.75 Å². The standard InChI is InChI=1S/C19H24N2O4S/c1-2-3-15-25-18-12-8-7-11-17(18)21-19(22)13-14-20-26(23,24)16-9-5-4-6-10-16/h4-12,20H,2-3,13-15H2,1H3,(H,21,22). The molecule has 2 rings (SSSR count). The van der Waals surface area contributed by atoms with Gasteiger partial charge in [0.2, 0.25) is 15.9 Å². The van der Waals surface area contributed by atoms with Crippen molar-refractivity contribution in [2.45, 2.75) is 31.1 Å². The summed E-state index contributed by atoms with van der Waals surface area (Å²) in [5.74, 6) is 0.325. The largest absolute Gasteiger partial charge is 0.491 e. The van der Waals surface area contributed by atoms with E-state index in [4.69, 9.17) is 4.74 Å². The van der Waals surface area contributed by atoms with Crippen LogP contribution in [0.25, 0.3) is 0 Å². The molecule has 7 heteroatoms. The minimum absolute atomic E-state index is 0.0158. The van der Waals surface area contributed by atoms with E-state index in [1.165, 1.54) is 12.1 Å². The summed E-state index contributed by atoms with van der Waals surface area (Å²) in [6, 6.07) is 15.3. The van der Waals surface area contributed by atoms with Gasteiger partial charge in [-0.2, -0.15) is 0 Å². The third-order valence-electron chi connectivity index (χ3n) is 3.61.